The summed E-state index contributed by atoms with van der Waals surface area (Å²) in [4.78, 5) is 17.5. The van der Waals surface area contributed by atoms with Crippen LogP contribution in [0.3, 0.4) is 0 Å². The molecule has 0 saturated carbocycles. The highest BCUT2D eigenvalue weighted by atomic mass is 19.1. The number of halogens is 1. The number of rotatable bonds is 2. The van der Waals surface area contributed by atoms with E-state index in [1.165, 1.54) is 12.3 Å². The van der Waals surface area contributed by atoms with Gasteiger partial charge in [-0.25, -0.2) is 4.98 Å². The van der Waals surface area contributed by atoms with Crippen LogP contribution in [0.1, 0.15) is 23.2 Å². The Morgan fingerprint density at radius 2 is 2.00 bits per heavy atom. The summed E-state index contributed by atoms with van der Waals surface area (Å²) in [5.41, 5.74) is 0.351. The molecule has 0 atom stereocenters. The van der Waals surface area contributed by atoms with Crippen LogP contribution in [-0.4, -0.2) is 48.4 Å². The molecule has 3 heterocycles. The van der Waals surface area contributed by atoms with Crippen molar-refractivity contribution in [2.45, 2.75) is 19.1 Å². The van der Waals surface area contributed by atoms with Crippen LogP contribution >= 0.6 is 0 Å². The molecule has 0 spiro atoms. The smallest absolute Gasteiger partial charge is 0.254 e. The summed E-state index contributed by atoms with van der Waals surface area (Å²) in [6.45, 7) is 2.60. The van der Waals surface area contributed by atoms with Gasteiger partial charge in [0, 0.05) is 36.8 Å². The number of hydrogen-bond acceptors (Lipinski definition) is 4. The van der Waals surface area contributed by atoms with E-state index >= 15 is 0 Å². The lowest BCUT2D eigenvalue weighted by atomic mass is 9.96. The first-order valence-electron chi connectivity index (χ1n) is 6.88. The molecule has 5 nitrogen and oxygen atoms in total. The Hall–Kier alpha value is -1.53. The third-order valence-electron chi connectivity index (χ3n) is 3.83. The molecule has 0 unspecified atom stereocenters. The molecule has 2 aliphatic rings. The third-order valence-corrected chi connectivity index (χ3v) is 3.83. The highest BCUT2D eigenvalue weighted by molar-refractivity contribution is 5.94. The summed E-state index contributed by atoms with van der Waals surface area (Å²) in [6.07, 6.45) is 2.90. The molecule has 0 aliphatic carbocycles. The van der Waals surface area contributed by atoms with E-state index in [1.54, 1.807) is 11.0 Å². The fourth-order valence-corrected chi connectivity index (χ4v) is 2.74. The average Bonchev–Trinajstić information content (AvgIpc) is 3.01. The van der Waals surface area contributed by atoms with Crippen molar-refractivity contribution >= 4 is 5.91 Å². The number of amides is 1. The SMILES string of the molecule is O=C(c1ccnc(F)c1)N1CCC(C2OCCO2)CC1. The van der Waals surface area contributed by atoms with Crippen LogP contribution in [0.25, 0.3) is 0 Å². The summed E-state index contributed by atoms with van der Waals surface area (Å²) in [5, 5.41) is 0. The first kappa shape index (κ1) is 13.5. The molecular weight excluding hydrogens is 263 g/mol. The first-order chi connectivity index (χ1) is 9.74. The summed E-state index contributed by atoms with van der Waals surface area (Å²) < 4.78 is 24.1. The normalized spacial score (nSPS) is 21.4. The molecular formula is C14H17FN2O3. The number of carbonyl (C=O) groups excluding carboxylic acids is 1. The van der Waals surface area contributed by atoms with Gasteiger partial charge in [-0.3, -0.25) is 4.79 Å². The Bertz CT molecular complexity index is 483. The number of aromatic nitrogens is 1. The van der Waals surface area contributed by atoms with Gasteiger partial charge in [0.05, 0.1) is 13.2 Å². The molecule has 0 bridgehead atoms. The number of carbonyl (C=O) groups is 1. The number of hydrogen-bond donors (Lipinski definition) is 0. The van der Waals surface area contributed by atoms with Gasteiger partial charge in [-0.1, -0.05) is 0 Å². The van der Waals surface area contributed by atoms with Crippen LogP contribution in [0.2, 0.25) is 0 Å². The summed E-state index contributed by atoms with van der Waals surface area (Å²) >= 11 is 0. The summed E-state index contributed by atoms with van der Waals surface area (Å²) in [6, 6.07) is 2.72. The van der Waals surface area contributed by atoms with Crippen molar-refractivity contribution < 1.29 is 18.7 Å². The summed E-state index contributed by atoms with van der Waals surface area (Å²) in [7, 11) is 0. The topological polar surface area (TPSA) is 51.7 Å². The molecule has 0 radical (unpaired) electrons. The van der Waals surface area contributed by atoms with Gasteiger partial charge >= 0.3 is 0 Å². The molecule has 20 heavy (non-hydrogen) atoms. The van der Waals surface area contributed by atoms with Crippen molar-refractivity contribution in [1.82, 2.24) is 9.88 Å². The second-order valence-corrected chi connectivity index (χ2v) is 5.11. The maximum absolute atomic E-state index is 13.0. The lowest BCUT2D eigenvalue weighted by Gasteiger charge is -2.33. The fourth-order valence-electron chi connectivity index (χ4n) is 2.74. The van der Waals surface area contributed by atoms with Gasteiger partial charge in [-0.2, -0.15) is 4.39 Å². The van der Waals surface area contributed by atoms with Crippen molar-refractivity contribution in [3.8, 4) is 0 Å². The van der Waals surface area contributed by atoms with Crippen molar-refractivity contribution in [3.63, 3.8) is 0 Å². The Labute approximate surface area is 116 Å². The number of pyridine rings is 1. The minimum absolute atomic E-state index is 0.120. The summed E-state index contributed by atoms with van der Waals surface area (Å²) in [5.74, 6) is -0.424. The van der Waals surface area contributed by atoms with Gasteiger partial charge < -0.3 is 14.4 Å². The minimum Gasteiger partial charge on any atom is -0.350 e. The average molecular weight is 280 g/mol. The predicted molar refractivity (Wildman–Crippen MR) is 68.5 cm³/mol. The zero-order chi connectivity index (χ0) is 13.9. The van der Waals surface area contributed by atoms with E-state index in [1.807, 2.05) is 0 Å². The van der Waals surface area contributed by atoms with Crippen LogP contribution in [-0.2, 0) is 9.47 Å². The Morgan fingerprint density at radius 1 is 1.30 bits per heavy atom. The molecule has 1 amide bonds. The molecule has 3 rings (SSSR count). The standard InChI is InChI=1S/C14H17FN2O3/c15-12-9-11(1-4-16-12)13(18)17-5-2-10(3-6-17)14-19-7-8-20-14/h1,4,9-10,14H,2-3,5-8H2. The Morgan fingerprint density at radius 3 is 2.65 bits per heavy atom. The van der Waals surface area contributed by atoms with Gasteiger partial charge in [0.1, 0.15) is 0 Å². The molecule has 0 aromatic carbocycles. The van der Waals surface area contributed by atoms with Crippen LogP contribution in [0.5, 0.6) is 0 Å². The largest absolute Gasteiger partial charge is 0.350 e. The van der Waals surface area contributed by atoms with E-state index in [4.69, 9.17) is 9.47 Å². The van der Waals surface area contributed by atoms with Crippen LogP contribution in [0, 0.1) is 11.9 Å². The third kappa shape index (κ3) is 2.81. The van der Waals surface area contributed by atoms with Gasteiger partial charge in [-0.15, -0.1) is 0 Å². The van der Waals surface area contributed by atoms with E-state index in [0.717, 1.165) is 12.8 Å². The zero-order valence-corrected chi connectivity index (χ0v) is 11.1. The monoisotopic (exact) mass is 280 g/mol. The first-order valence-corrected chi connectivity index (χ1v) is 6.88. The molecule has 1 aromatic rings. The molecule has 2 aliphatic heterocycles. The lowest BCUT2D eigenvalue weighted by molar-refractivity contribution is -0.0956. The molecule has 2 saturated heterocycles. The van der Waals surface area contributed by atoms with Crippen LogP contribution in [0.15, 0.2) is 18.3 Å². The highest BCUT2D eigenvalue weighted by Crippen LogP contribution is 2.26. The fraction of sp³-hybridized carbons (Fsp3) is 0.571. The number of piperidine rings is 1. The van der Waals surface area contributed by atoms with E-state index in [0.29, 0.717) is 37.8 Å². The van der Waals surface area contributed by atoms with Gasteiger partial charge in [-0.05, 0) is 18.9 Å². The van der Waals surface area contributed by atoms with Crippen molar-refractivity contribution in [2.75, 3.05) is 26.3 Å². The van der Waals surface area contributed by atoms with Crippen LogP contribution in [0.4, 0.5) is 4.39 Å². The molecule has 108 valence electrons. The number of likely N-dealkylation sites (tertiary alicyclic amines) is 1. The van der Waals surface area contributed by atoms with E-state index in [2.05, 4.69) is 4.98 Å². The minimum atomic E-state index is -0.626. The zero-order valence-electron chi connectivity index (χ0n) is 11.1. The van der Waals surface area contributed by atoms with Gasteiger partial charge in [0.2, 0.25) is 5.95 Å². The highest BCUT2D eigenvalue weighted by Gasteiger charge is 2.32. The molecule has 6 heteroatoms. The number of nitrogens with zero attached hydrogens (tertiary/aromatic N) is 2. The second kappa shape index (κ2) is 5.85. The Kier molecular flexibility index (Phi) is 3.93. The number of ether oxygens (including phenoxy) is 2. The predicted octanol–water partition coefficient (Wildman–Crippen LogP) is 1.45. The van der Waals surface area contributed by atoms with E-state index < -0.39 is 5.95 Å². The lowest BCUT2D eigenvalue weighted by Crippen LogP contribution is -2.41. The molecule has 1 aromatic heterocycles. The van der Waals surface area contributed by atoms with Gasteiger partial charge in [0.25, 0.3) is 5.91 Å². The molecule has 0 N–H and O–H groups in total. The Balaban J connectivity index is 1.58. The van der Waals surface area contributed by atoms with E-state index in [9.17, 15) is 9.18 Å². The van der Waals surface area contributed by atoms with Crippen molar-refractivity contribution in [1.29, 1.82) is 0 Å². The van der Waals surface area contributed by atoms with Gasteiger partial charge in [0.15, 0.2) is 6.29 Å². The van der Waals surface area contributed by atoms with Crippen molar-refractivity contribution in [3.05, 3.63) is 29.8 Å². The quantitative estimate of drug-likeness (QED) is 0.769. The maximum atomic E-state index is 13.0. The van der Waals surface area contributed by atoms with Crippen molar-refractivity contribution in [2.24, 2.45) is 5.92 Å². The van der Waals surface area contributed by atoms with Crippen LogP contribution < -0.4 is 0 Å². The molecule has 2 fully saturated rings. The maximum Gasteiger partial charge on any atom is 0.254 e. The van der Waals surface area contributed by atoms with E-state index in [-0.39, 0.29) is 12.2 Å². The second-order valence-electron chi connectivity index (χ2n) is 5.11.